The second-order valence-corrected chi connectivity index (χ2v) is 7.17. The molecule has 2 fully saturated rings. The molecule has 118 valence electrons. The summed E-state index contributed by atoms with van der Waals surface area (Å²) < 4.78 is 11.3. The number of hydrogen-bond acceptors (Lipinski definition) is 2. The van der Waals surface area contributed by atoms with Gasteiger partial charge >= 0.3 is 0 Å². The normalized spacial score (nSPS) is 35.1. The maximum absolute atomic E-state index is 6.05. The SMILES string of the molecule is CCC1CCC(COCC2CCC(COC)CC2)CC1. The molecule has 20 heavy (non-hydrogen) atoms. The summed E-state index contributed by atoms with van der Waals surface area (Å²) in [7, 11) is 1.82. The van der Waals surface area contributed by atoms with Gasteiger partial charge < -0.3 is 9.47 Å². The topological polar surface area (TPSA) is 18.5 Å². The van der Waals surface area contributed by atoms with Crippen LogP contribution in [0.4, 0.5) is 0 Å². The highest BCUT2D eigenvalue weighted by molar-refractivity contribution is 4.74. The van der Waals surface area contributed by atoms with Gasteiger partial charge in [0, 0.05) is 26.9 Å². The van der Waals surface area contributed by atoms with Crippen molar-refractivity contribution in [2.75, 3.05) is 26.9 Å². The Balaban J connectivity index is 1.52. The molecule has 0 bridgehead atoms. The maximum Gasteiger partial charge on any atom is 0.0494 e. The molecule has 0 atom stereocenters. The molecule has 0 aromatic heterocycles. The van der Waals surface area contributed by atoms with Crippen molar-refractivity contribution in [2.45, 2.75) is 64.7 Å². The van der Waals surface area contributed by atoms with Crippen molar-refractivity contribution in [2.24, 2.45) is 23.7 Å². The molecule has 2 rings (SSSR count). The van der Waals surface area contributed by atoms with Crippen LogP contribution in [-0.2, 0) is 9.47 Å². The lowest BCUT2D eigenvalue weighted by Crippen LogP contribution is -2.23. The molecule has 0 N–H and O–H groups in total. The summed E-state index contributed by atoms with van der Waals surface area (Å²) in [5.41, 5.74) is 0. The summed E-state index contributed by atoms with van der Waals surface area (Å²) in [5, 5.41) is 0. The third-order valence-corrected chi connectivity index (χ3v) is 5.62. The molecule has 0 saturated heterocycles. The average molecular weight is 282 g/mol. The van der Waals surface area contributed by atoms with Gasteiger partial charge in [0.1, 0.15) is 0 Å². The van der Waals surface area contributed by atoms with Crippen LogP contribution >= 0.6 is 0 Å². The Bertz CT molecular complexity index is 238. The molecule has 0 spiro atoms. The molecule has 0 aromatic rings. The van der Waals surface area contributed by atoms with Crippen LogP contribution in [-0.4, -0.2) is 26.9 Å². The first-order valence-corrected chi connectivity index (χ1v) is 8.88. The summed E-state index contributed by atoms with van der Waals surface area (Å²) >= 11 is 0. The quantitative estimate of drug-likeness (QED) is 0.675. The van der Waals surface area contributed by atoms with Gasteiger partial charge in [-0.1, -0.05) is 26.2 Å². The Morgan fingerprint density at radius 3 is 1.45 bits per heavy atom. The van der Waals surface area contributed by atoms with Crippen LogP contribution in [0.1, 0.15) is 64.7 Å². The summed E-state index contributed by atoms with van der Waals surface area (Å²) in [6, 6.07) is 0. The number of hydrogen-bond donors (Lipinski definition) is 0. The van der Waals surface area contributed by atoms with Gasteiger partial charge in [-0.2, -0.15) is 0 Å². The lowest BCUT2D eigenvalue weighted by Gasteiger charge is -2.30. The van der Waals surface area contributed by atoms with Crippen molar-refractivity contribution in [1.29, 1.82) is 0 Å². The Morgan fingerprint density at radius 2 is 1.05 bits per heavy atom. The molecule has 2 nitrogen and oxygen atoms in total. The standard InChI is InChI=1S/C18H34O2/c1-3-15-4-6-17(7-5-15)13-20-14-18-10-8-16(9-11-18)12-19-2/h15-18H,3-14H2,1-2H3. The van der Waals surface area contributed by atoms with Gasteiger partial charge in [0.25, 0.3) is 0 Å². The zero-order valence-corrected chi connectivity index (χ0v) is 13.6. The van der Waals surface area contributed by atoms with E-state index in [9.17, 15) is 0 Å². The number of ether oxygens (including phenoxy) is 2. The molecule has 2 saturated carbocycles. The van der Waals surface area contributed by atoms with Crippen LogP contribution in [0.2, 0.25) is 0 Å². The molecule has 2 aliphatic rings. The molecule has 0 unspecified atom stereocenters. The Hall–Kier alpha value is -0.0800. The van der Waals surface area contributed by atoms with Crippen LogP contribution in [0.3, 0.4) is 0 Å². The van der Waals surface area contributed by atoms with Gasteiger partial charge in [0.15, 0.2) is 0 Å². The highest BCUT2D eigenvalue weighted by Crippen LogP contribution is 2.32. The van der Waals surface area contributed by atoms with Crippen LogP contribution in [0.25, 0.3) is 0 Å². The first-order chi connectivity index (χ1) is 9.81. The van der Waals surface area contributed by atoms with Crippen LogP contribution in [0, 0.1) is 23.7 Å². The molecule has 0 amide bonds. The summed E-state index contributed by atoms with van der Waals surface area (Å²) in [6.07, 6.45) is 12.4. The first kappa shape index (κ1) is 16.3. The monoisotopic (exact) mass is 282 g/mol. The minimum Gasteiger partial charge on any atom is -0.384 e. The van der Waals surface area contributed by atoms with Crippen molar-refractivity contribution < 1.29 is 9.47 Å². The van der Waals surface area contributed by atoms with Crippen LogP contribution in [0.5, 0.6) is 0 Å². The molecular weight excluding hydrogens is 248 g/mol. The fourth-order valence-electron chi connectivity index (χ4n) is 4.01. The largest absolute Gasteiger partial charge is 0.384 e. The fraction of sp³-hybridized carbons (Fsp3) is 1.00. The first-order valence-electron chi connectivity index (χ1n) is 8.88. The molecular formula is C18H34O2. The lowest BCUT2D eigenvalue weighted by molar-refractivity contribution is 0.0349. The van der Waals surface area contributed by atoms with Gasteiger partial charge in [-0.05, 0) is 62.2 Å². The lowest BCUT2D eigenvalue weighted by atomic mass is 9.81. The Kier molecular flexibility index (Phi) is 7.37. The zero-order valence-electron chi connectivity index (χ0n) is 13.6. The van der Waals surface area contributed by atoms with E-state index in [2.05, 4.69) is 6.92 Å². The van der Waals surface area contributed by atoms with E-state index in [1.807, 2.05) is 7.11 Å². The summed E-state index contributed by atoms with van der Waals surface area (Å²) in [5.74, 6) is 3.47. The number of methoxy groups -OCH3 is 1. The molecule has 0 heterocycles. The smallest absolute Gasteiger partial charge is 0.0494 e. The second kappa shape index (κ2) is 9.04. The van der Waals surface area contributed by atoms with E-state index in [4.69, 9.17) is 9.47 Å². The Morgan fingerprint density at radius 1 is 0.650 bits per heavy atom. The van der Waals surface area contributed by atoms with E-state index >= 15 is 0 Å². The molecule has 0 radical (unpaired) electrons. The summed E-state index contributed by atoms with van der Waals surface area (Å²) in [6.45, 7) is 5.32. The predicted octanol–water partition coefficient (Wildman–Crippen LogP) is 4.67. The zero-order chi connectivity index (χ0) is 14.2. The third kappa shape index (κ3) is 5.37. The minimum absolute atomic E-state index is 0.806. The van der Waals surface area contributed by atoms with Gasteiger partial charge in [-0.3, -0.25) is 0 Å². The van der Waals surface area contributed by atoms with Crippen molar-refractivity contribution in [3.05, 3.63) is 0 Å². The van der Waals surface area contributed by atoms with Gasteiger partial charge in [0.2, 0.25) is 0 Å². The van der Waals surface area contributed by atoms with Crippen molar-refractivity contribution >= 4 is 0 Å². The van der Waals surface area contributed by atoms with E-state index in [-0.39, 0.29) is 0 Å². The van der Waals surface area contributed by atoms with Gasteiger partial charge in [0.05, 0.1) is 0 Å². The highest BCUT2D eigenvalue weighted by atomic mass is 16.5. The van der Waals surface area contributed by atoms with Gasteiger partial charge in [-0.25, -0.2) is 0 Å². The fourth-order valence-corrected chi connectivity index (χ4v) is 4.01. The molecule has 0 aromatic carbocycles. The Labute approximate surface area is 125 Å². The highest BCUT2D eigenvalue weighted by Gasteiger charge is 2.23. The average Bonchev–Trinajstić information content (AvgIpc) is 2.50. The van der Waals surface area contributed by atoms with Gasteiger partial charge in [-0.15, -0.1) is 0 Å². The van der Waals surface area contributed by atoms with Crippen molar-refractivity contribution in [1.82, 2.24) is 0 Å². The molecule has 2 heteroatoms. The van der Waals surface area contributed by atoms with E-state index in [1.165, 1.54) is 57.8 Å². The van der Waals surface area contributed by atoms with E-state index in [1.54, 1.807) is 0 Å². The van der Waals surface area contributed by atoms with Crippen LogP contribution in [0.15, 0.2) is 0 Å². The van der Waals surface area contributed by atoms with E-state index in [0.29, 0.717) is 0 Å². The molecule has 2 aliphatic carbocycles. The maximum atomic E-state index is 6.05. The third-order valence-electron chi connectivity index (χ3n) is 5.62. The van der Waals surface area contributed by atoms with E-state index < -0.39 is 0 Å². The number of rotatable bonds is 7. The molecule has 0 aliphatic heterocycles. The van der Waals surface area contributed by atoms with E-state index in [0.717, 1.165) is 43.5 Å². The summed E-state index contributed by atoms with van der Waals surface area (Å²) in [4.78, 5) is 0. The van der Waals surface area contributed by atoms with Crippen LogP contribution < -0.4 is 0 Å². The van der Waals surface area contributed by atoms with Crippen molar-refractivity contribution in [3.63, 3.8) is 0 Å². The predicted molar refractivity (Wildman–Crippen MR) is 83.9 cm³/mol. The second-order valence-electron chi connectivity index (χ2n) is 7.17. The minimum atomic E-state index is 0.806. The van der Waals surface area contributed by atoms with Crippen molar-refractivity contribution in [3.8, 4) is 0 Å².